The van der Waals surface area contributed by atoms with Gasteiger partial charge in [-0.1, -0.05) is 6.92 Å². The lowest BCUT2D eigenvalue weighted by Gasteiger charge is -2.25. The molecule has 3 N–H and O–H groups in total. The van der Waals surface area contributed by atoms with E-state index < -0.39 is 11.5 Å². The zero-order valence-electron chi connectivity index (χ0n) is 9.74. The second-order valence-corrected chi connectivity index (χ2v) is 5.68. The van der Waals surface area contributed by atoms with Gasteiger partial charge < -0.3 is 15.5 Å². The number of rotatable bonds is 7. The van der Waals surface area contributed by atoms with E-state index >= 15 is 0 Å². The van der Waals surface area contributed by atoms with Gasteiger partial charge in [-0.3, -0.25) is 4.79 Å². The van der Waals surface area contributed by atoms with E-state index in [1.165, 1.54) is 0 Å². The summed E-state index contributed by atoms with van der Waals surface area (Å²) in [6.07, 6.45) is 3.25. The van der Waals surface area contributed by atoms with Crippen LogP contribution in [0.25, 0.3) is 0 Å². The fourth-order valence-corrected chi connectivity index (χ4v) is 3.28. The summed E-state index contributed by atoms with van der Waals surface area (Å²) in [5, 5.41) is 21.6. The molecule has 94 valence electrons. The lowest BCUT2D eigenvalue weighted by Crippen LogP contribution is -2.50. The molecule has 1 aliphatic carbocycles. The van der Waals surface area contributed by atoms with Crippen LogP contribution in [0.4, 0.5) is 0 Å². The standard InChI is InChI=1S/C11H21NO3S/c1-2-5-12-11(10(14)15)4-3-9(8-11)16-7-6-13/h9,12-13H,2-8H2,1H3,(H,14,15). The minimum Gasteiger partial charge on any atom is -0.480 e. The lowest BCUT2D eigenvalue weighted by atomic mass is 9.98. The Morgan fingerprint density at radius 3 is 2.94 bits per heavy atom. The number of hydrogen-bond donors (Lipinski definition) is 3. The first-order valence-electron chi connectivity index (χ1n) is 5.85. The Bertz CT molecular complexity index is 237. The van der Waals surface area contributed by atoms with Crippen molar-refractivity contribution in [1.29, 1.82) is 0 Å². The van der Waals surface area contributed by atoms with Crippen molar-refractivity contribution in [2.24, 2.45) is 0 Å². The molecule has 1 aliphatic rings. The molecule has 0 spiro atoms. The maximum absolute atomic E-state index is 11.3. The van der Waals surface area contributed by atoms with Crippen LogP contribution >= 0.6 is 11.8 Å². The average Bonchev–Trinajstić information content (AvgIpc) is 2.68. The van der Waals surface area contributed by atoms with Gasteiger partial charge in [0.05, 0.1) is 6.61 Å². The number of hydrogen-bond acceptors (Lipinski definition) is 4. The maximum Gasteiger partial charge on any atom is 0.323 e. The van der Waals surface area contributed by atoms with Crippen molar-refractivity contribution in [2.75, 3.05) is 18.9 Å². The number of aliphatic hydroxyl groups is 1. The molecule has 2 unspecified atom stereocenters. The lowest BCUT2D eigenvalue weighted by molar-refractivity contribution is -0.144. The Hall–Kier alpha value is -0.260. The van der Waals surface area contributed by atoms with Crippen LogP contribution in [0.3, 0.4) is 0 Å². The van der Waals surface area contributed by atoms with Crippen molar-refractivity contribution in [2.45, 2.75) is 43.4 Å². The number of carboxylic acids is 1. The second-order valence-electron chi connectivity index (χ2n) is 4.27. The quantitative estimate of drug-likeness (QED) is 0.628. The molecule has 4 nitrogen and oxygen atoms in total. The SMILES string of the molecule is CCCNC1(C(=O)O)CCC(SCCO)C1. The summed E-state index contributed by atoms with van der Waals surface area (Å²) < 4.78 is 0. The molecule has 0 bridgehead atoms. The zero-order valence-corrected chi connectivity index (χ0v) is 10.6. The van der Waals surface area contributed by atoms with Gasteiger partial charge in [0.15, 0.2) is 0 Å². The van der Waals surface area contributed by atoms with Gasteiger partial charge in [0.1, 0.15) is 5.54 Å². The zero-order chi connectivity index (χ0) is 12.0. The van der Waals surface area contributed by atoms with E-state index in [1.807, 2.05) is 6.92 Å². The highest BCUT2D eigenvalue weighted by molar-refractivity contribution is 7.99. The first kappa shape index (κ1) is 13.8. The smallest absolute Gasteiger partial charge is 0.323 e. The fraction of sp³-hybridized carbons (Fsp3) is 0.909. The van der Waals surface area contributed by atoms with Crippen LogP contribution in [0.2, 0.25) is 0 Å². The number of thioether (sulfide) groups is 1. The molecule has 0 aromatic carbocycles. The van der Waals surface area contributed by atoms with Crippen LogP contribution in [0.1, 0.15) is 32.6 Å². The monoisotopic (exact) mass is 247 g/mol. The number of carbonyl (C=O) groups is 1. The number of carboxylic acid groups (broad SMARTS) is 1. The molecular weight excluding hydrogens is 226 g/mol. The number of aliphatic carboxylic acids is 1. The van der Waals surface area contributed by atoms with Crippen LogP contribution in [0, 0.1) is 0 Å². The summed E-state index contributed by atoms with van der Waals surface area (Å²) >= 11 is 1.68. The molecule has 16 heavy (non-hydrogen) atoms. The summed E-state index contributed by atoms with van der Waals surface area (Å²) in [5.41, 5.74) is -0.719. The van der Waals surface area contributed by atoms with E-state index in [0.717, 1.165) is 19.4 Å². The van der Waals surface area contributed by atoms with Crippen LogP contribution in [-0.2, 0) is 4.79 Å². The molecular formula is C11H21NO3S. The van der Waals surface area contributed by atoms with E-state index in [2.05, 4.69) is 5.32 Å². The second kappa shape index (κ2) is 6.47. The van der Waals surface area contributed by atoms with E-state index in [9.17, 15) is 9.90 Å². The number of aliphatic hydroxyl groups excluding tert-OH is 1. The normalized spacial score (nSPS) is 29.5. The molecule has 0 aliphatic heterocycles. The molecule has 1 fully saturated rings. The summed E-state index contributed by atoms with van der Waals surface area (Å²) in [5.74, 6) is -0.0261. The van der Waals surface area contributed by atoms with Crippen LogP contribution in [0.5, 0.6) is 0 Å². The Morgan fingerprint density at radius 1 is 1.62 bits per heavy atom. The third-order valence-electron chi connectivity index (χ3n) is 3.04. The summed E-state index contributed by atoms with van der Waals surface area (Å²) in [7, 11) is 0. The Kier molecular flexibility index (Phi) is 5.58. The van der Waals surface area contributed by atoms with Gasteiger partial charge >= 0.3 is 5.97 Å². The van der Waals surface area contributed by atoms with Gasteiger partial charge in [-0.05, 0) is 32.2 Å². The molecule has 1 rings (SSSR count). The predicted molar refractivity (Wildman–Crippen MR) is 65.8 cm³/mol. The Labute approximate surface area is 101 Å². The van der Waals surface area contributed by atoms with E-state index in [0.29, 0.717) is 23.8 Å². The molecule has 0 heterocycles. The molecule has 0 amide bonds. The largest absolute Gasteiger partial charge is 0.480 e. The minimum atomic E-state index is -0.729. The Morgan fingerprint density at radius 2 is 2.38 bits per heavy atom. The molecule has 0 radical (unpaired) electrons. The average molecular weight is 247 g/mol. The van der Waals surface area contributed by atoms with Gasteiger partial charge in [-0.25, -0.2) is 0 Å². The minimum absolute atomic E-state index is 0.170. The third kappa shape index (κ3) is 3.37. The summed E-state index contributed by atoms with van der Waals surface area (Å²) in [6, 6.07) is 0. The van der Waals surface area contributed by atoms with Crippen molar-refractivity contribution >= 4 is 17.7 Å². The molecule has 5 heteroatoms. The number of nitrogens with one attached hydrogen (secondary N) is 1. The van der Waals surface area contributed by atoms with Crippen molar-refractivity contribution in [1.82, 2.24) is 5.32 Å². The van der Waals surface area contributed by atoms with Crippen molar-refractivity contribution < 1.29 is 15.0 Å². The van der Waals surface area contributed by atoms with E-state index in [-0.39, 0.29) is 6.61 Å². The summed E-state index contributed by atoms with van der Waals surface area (Å²) in [4.78, 5) is 11.3. The van der Waals surface area contributed by atoms with E-state index in [1.54, 1.807) is 11.8 Å². The van der Waals surface area contributed by atoms with Crippen molar-refractivity contribution in [3.05, 3.63) is 0 Å². The van der Waals surface area contributed by atoms with Crippen LogP contribution in [0.15, 0.2) is 0 Å². The molecule has 0 aromatic rings. The van der Waals surface area contributed by atoms with Gasteiger partial charge in [0, 0.05) is 11.0 Å². The first-order valence-corrected chi connectivity index (χ1v) is 6.90. The molecule has 1 saturated carbocycles. The fourth-order valence-electron chi connectivity index (χ4n) is 2.16. The highest BCUT2D eigenvalue weighted by atomic mass is 32.2. The van der Waals surface area contributed by atoms with Gasteiger partial charge in [-0.2, -0.15) is 11.8 Å². The van der Waals surface area contributed by atoms with Crippen LogP contribution in [-0.4, -0.2) is 45.9 Å². The third-order valence-corrected chi connectivity index (χ3v) is 4.33. The topological polar surface area (TPSA) is 69.6 Å². The molecule has 0 saturated heterocycles. The molecule has 0 aromatic heterocycles. The van der Waals surface area contributed by atoms with Gasteiger partial charge in [0.25, 0.3) is 0 Å². The van der Waals surface area contributed by atoms with Crippen LogP contribution < -0.4 is 5.32 Å². The Balaban J connectivity index is 2.51. The predicted octanol–water partition coefficient (Wildman–Crippen LogP) is 1.09. The maximum atomic E-state index is 11.3. The van der Waals surface area contributed by atoms with Crippen molar-refractivity contribution in [3.63, 3.8) is 0 Å². The van der Waals surface area contributed by atoms with E-state index in [4.69, 9.17) is 5.11 Å². The molecule has 2 atom stereocenters. The van der Waals surface area contributed by atoms with Gasteiger partial charge in [0.2, 0.25) is 0 Å². The van der Waals surface area contributed by atoms with Crippen molar-refractivity contribution in [3.8, 4) is 0 Å². The highest BCUT2D eigenvalue weighted by Gasteiger charge is 2.44. The van der Waals surface area contributed by atoms with Gasteiger partial charge in [-0.15, -0.1) is 0 Å². The first-order chi connectivity index (χ1) is 7.64. The summed E-state index contributed by atoms with van der Waals surface area (Å²) in [6.45, 7) is 2.96. The highest BCUT2D eigenvalue weighted by Crippen LogP contribution is 2.37.